The zero-order valence-corrected chi connectivity index (χ0v) is 13.6. The van der Waals surface area contributed by atoms with Gasteiger partial charge in [0.1, 0.15) is 0 Å². The molecule has 1 amide bonds. The van der Waals surface area contributed by atoms with E-state index in [2.05, 4.69) is 56.0 Å². The Morgan fingerprint density at radius 1 is 1.50 bits per heavy atom. The third kappa shape index (κ3) is 3.12. The highest BCUT2D eigenvalue weighted by Gasteiger charge is 2.35. The minimum Gasteiger partial charge on any atom is -0.353 e. The number of carbonyl (C=O) groups excluding carboxylic acids is 1. The predicted octanol–water partition coefficient (Wildman–Crippen LogP) is 3.62. The molecule has 0 aromatic carbocycles. The molecule has 1 aromatic rings. The number of pyridine rings is 1. The number of aromatic nitrogens is 1. The number of nitrogens with one attached hydrogen (secondary N) is 1. The maximum absolute atomic E-state index is 11.6. The molecule has 1 fully saturated rings. The summed E-state index contributed by atoms with van der Waals surface area (Å²) in [6.45, 7) is 4.34. The molecule has 0 saturated carbocycles. The van der Waals surface area contributed by atoms with Crippen LogP contribution < -0.4 is 5.32 Å². The Bertz CT molecular complexity index is 462. The number of nitrogens with zero attached hydrogens (tertiary/aromatic N) is 1. The van der Waals surface area contributed by atoms with Crippen molar-refractivity contribution in [1.82, 2.24) is 10.3 Å². The molecule has 1 saturated heterocycles. The van der Waals surface area contributed by atoms with E-state index in [1.807, 2.05) is 6.07 Å². The maximum Gasteiger partial charge on any atom is 0.220 e. The lowest BCUT2D eigenvalue weighted by atomic mass is 9.90. The highest BCUT2D eigenvalue weighted by molar-refractivity contribution is 9.11. The van der Waals surface area contributed by atoms with Gasteiger partial charge in [-0.25, -0.2) is 0 Å². The second kappa shape index (κ2) is 5.70. The summed E-state index contributed by atoms with van der Waals surface area (Å²) < 4.78 is 1.91. The Morgan fingerprint density at radius 3 is 2.83 bits per heavy atom. The van der Waals surface area contributed by atoms with E-state index in [0.29, 0.717) is 12.3 Å². The number of carbonyl (C=O) groups is 1. The van der Waals surface area contributed by atoms with Crippen LogP contribution in [-0.2, 0) is 4.79 Å². The van der Waals surface area contributed by atoms with Crippen LogP contribution in [0, 0.1) is 5.92 Å². The first-order valence-electron chi connectivity index (χ1n) is 6.07. The largest absolute Gasteiger partial charge is 0.353 e. The van der Waals surface area contributed by atoms with Crippen molar-refractivity contribution in [3.8, 4) is 0 Å². The number of hydrogen-bond donors (Lipinski definition) is 1. The number of halogens is 2. The van der Waals surface area contributed by atoms with E-state index in [1.165, 1.54) is 0 Å². The van der Waals surface area contributed by atoms with Crippen molar-refractivity contribution in [2.24, 2.45) is 5.92 Å². The van der Waals surface area contributed by atoms with Crippen LogP contribution in [-0.4, -0.2) is 16.9 Å². The van der Waals surface area contributed by atoms with Crippen molar-refractivity contribution in [2.75, 3.05) is 0 Å². The highest BCUT2D eigenvalue weighted by Crippen LogP contribution is 2.35. The van der Waals surface area contributed by atoms with Gasteiger partial charge in [-0.15, -0.1) is 0 Å². The second-order valence-corrected chi connectivity index (χ2v) is 6.90. The van der Waals surface area contributed by atoms with E-state index < -0.39 is 0 Å². The second-order valence-electron chi connectivity index (χ2n) is 5.13. The minimum absolute atomic E-state index is 0.127. The standard InChI is InChI=1S/C13H16Br2N2O/c1-7(2)3-11-9(5-12(18)17-11)13-10(15)4-8(14)6-16-13/h4,6-7,9,11H,3,5H2,1-2H3,(H,17,18). The molecule has 0 aliphatic carbocycles. The van der Waals surface area contributed by atoms with Crippen molar-refractivity contribution >= 4 is 37.8 Å². The van der Waals surface area contributed by atoms with E-state index in [9.17, 15) is 4.79 Å². The van der Waals surface area contributed by atoms with Gasteiger partial charge in [-0.3, -0.25) is 9.78 Å². The normalized spacial score (nSPS) is 23.5. The summed E-state index contributed by atoms with van der Waals surface area (Å²) in [7, 11) is 0. The Morgan fingerprint density at radius 2 is 2.22 bits per heavy atom. The van der Waals surface area contributed by atoms with Gasteiger partial charge in [0.15, 0.2) is 0 Å². The predicted molar refractivity (Wildman–Crippen MR) is 78.4 cm³/mol. The Kier molecular flexibility index (Phi) is 4.43. The van der Waals surface area contributed by atoms with Crippen molar-refractivity contribution in [3.05, 3.63) is 26.9 Å². The molecule has 2 heterocycles. The van der Waals surface area contributed by atoms with E-state index >= 15 is 0 Å². The van der Waals surface area contributed by atoms with Gasteiger partial charge in [0.25, 0.3) is 0 Å². The van der Waals surface area contributed by atoms with Gasteiger partial charge >= 0.3 is 0 Å². The van der Waals surface area contributed by atoms with Crippen molar-refractivity contribution in [1.29, 1.82) is 0 Å². The van der Waals surface area contributed by atoms with Crippen LogP contribution in [0.25, 0.3) is 0 Å². The average molecular weight is 376 g/mol. The number of amides is 1. The smallest absolute Gasteiger partial charge is 0.220 e. The Hall–Kier alpha value is -0.420. The van der Waals surface area contributed by atoms with E-state index in [0.717, 1.165) is 21.1 Å². The average Bonchev–Trinajstić information content (AvgIpc) is 2.58. The topological polar surface area (TPSA) is 42.0 Å². The van der Waals surface area contributed by atoms with Gasteiger partial charge in [-0.2, -0.15) is 0 Å². The van der Waals surface area contributed by atoms with Gasteiger partial charge < -0.3 is 5.32 Å². The fourth-order valence-electron chi connectivity index (χ4n) is 2.42. The maximum atomic E-state index is 11.6. The van der Waals surface area contributed by atoms with Crippen LogP contribution in [0.5, 0.6) is 0 Å². The zero-order chi connectivity index (χ0) is 13.3. The quantitative estimate of drug-likeness (QED) is 0.876. The molecule has 18 heavy (non-hydrogen) atoms. The fourth-order valence-corrected chi connectivity index (χ4v) is 3.71. The van der Waals surface area contributed by atoms with Crippen LogP contribution in [0.4, 0.5) is 0 Å². The zero-order valence-electron chi connectivity index (χ0n) is 10.4. The molecule has 0 spiro atoms. The first-order valence-corrected chi connectivity index (χ1v) is 7.66. The van der Waals surface area contributed by atoms with Gasteiger partial charge in [-0.05, 0) is 50.3 Å². The molecule has 0 bridgehead atoms. The van der Waals surface area contributed by atoms with Crippen molar-refractivity contribution in [2.45, 2.75) is 38.6 Å². The van der Waals surface area contributed by atoms with Crippen LogP contribution in [0.3, 0.4) is 0 Å². The van der Waals surface area contributed by atoms with Crippen LogP contribution in [0.15, 0.2) is 21.2 Å². The van der Waals surface area contributed by atoms with Crippen LogP contribution >= 0.6 is 31.9 Å². The molecular weight excluding hydrogens is 360 g/mol. The molecule has 2 atom stereocenters. The molecule has 5 heteroatoms. The van der Waals surface area contributed by atoms with E-state index in [-0.39, 0.29) is 17.9 Å². The highest BCUT2D eigenvalue weighted by atomic mass is 79.9. The number of hydrogen-bond acceptors (Lipinski definition) is 2. The van der Waals surface area contributed by atoms with E-state index in [1.54, 1.807) is 6.20 Å². The summed E-state index contributed by atoms with van der Waals surface area (Å²) in [5.41, 5.74) is 0.974. The SMILES string of the molecule is CC(C)CC1NC(=O)CC1c1ncc(Br)cc1Br. The summed E-state index contributed by atoms with van der Waals surface area (Å²) in [6.07, 6.45) is 3.31. The first kappa shape index (κ1) is 14.0. The summed E-state index contributed by atoms with van der Waals surface area (Å²) >= 11 is 6.94. The van der Waals surface area contributed by atoms with Gasteiger partial charge in [0.05, 0.1) is 5.69 Å². The van der Waals surface area contributed by atoms with Crippen molar-refractivity contribution in [3.63, 3.8) is 0 Å². The lowest BCUT2D eigenvalue weighted by Gasteiger charge is -2.21. The molecule has 2 unspecified atom stereocenters. The first-order chi connectivity index (χ1) is 8.47. The van der Waals surface area contributed by atoms with E-state index in [4.69, 9.17) is 0 Å². The lowest BCUT2D eigenvalue weighted by molar-refractivity contribution is -0.119. The lowest BCUT2D eigenvalue weighted by Crippen LogP contribution is -2.30. The molecule has 1 aliphatic heterocycles. The van der Waals surface area contributed by atoms with Crippen LogP contribution in [0.2, 0.25) is 0 Å². The minimum atomic E-state index is 0.127. The van der Waals surface area contributed by atoms with Crippen LogP contribution in [0.1, 0.15) is 38.3 Å². The third-order valence-corrected chi connectivity index (χ3v) is 4.22. The van der Waals surface area contributed by atoms with Gasteiger partial charge in [0.2, 0.25) is 5.91 Å². The van der Waals surface area contributed by atoms with Gasteiger partial charge in [-0.1, -0.05) is 13.8 Å². The summed E-state index contributed by atoms with van der Waals surface area (Å²) in [6, 6.07) is 2.18. The fraction of sp³-hybridized carbons (Fsp3) is 0.538. The Labute approximate surface area is 124 Å². The summed E-state index contributed by atoms with van der Waals surface area (Å²) in [5.74, 6) is 0.856. The summed E-state index contributed by atoms with van der Waals surface area (Å²) in [4.78, 5) is 16.1. The molecule has 1 aromatic heterocycles. The van der Waals surface area contributed by atoms with Crippen molar-refractivity contribution < 1.29 is 4.79 Å². The monoisotopic (exact) mass is 374 g/mol. The molecule has 3 nitrogen and oxygen atoms in total. The summed E-state index contributed by atoms with van der Waals surface area (Å²) in [5, 5.41) is 3.06. The molecule has 1 aliphatic rings. The Balaban J connectivity index is 2.26. The van der Waals surface area contributed by atoms with Gasteiger partial charge in [0, 0.05) is 33.5 Å². The number of rotatable bonds is 3. The third-order valence-electron chi connectivity index (χ3n) is 3.15. The molecular formula is C13H16Br2N2O. The molecule has 2 rings (SSSR count). The molecule has 1 N–H and O–H groups in total. The molecule has 98 valence electrons. The molecule has 0 radical (unpaired) electrons.